The third-order valence-electron chi connectivity index (χ3n) is 5.50. The van der Waals surface area contributed by atoms with Gasteiger partial charge in [-0.05, 0) is 51.5 Å². The van der Waals surface area contributed by atoms with Crippen LogP contribution in [0.5, 0.6) is 0 Å². The summed E-state index contributed by atoms with van der Waals surface area (Å²) in [6.45, 7) is 5.64. The Hall–Kier alpha value is -0.160. The standard InChI is InChI=1S/C17H32N2O2/c20-10-7-16-4-1-2-9-19(16)13-17(8-3-11-21-14-17)12-18-15-5-6-15/h15-16,18,20H,1-14H2. The maximum atomic E-state index is 9.33. The topological polar surface area (TPSA) is 44.7 Å². The Labute approximate surface area is 129 Å². The van der Waals surface area contributed by atoms with Crippen molar-refractivity contribution in [1.29, 1.82) is 0 Å². The van der Waals surface area contributed by atoms with E-state index < -0.39 is 0 Å². The van der Waals surface area contributed by atoms with Gasteiger partial charge in [-0.1, -0.05) is 6.42 Å². The highest BCUT2D eigenvalue weighted by molar-refractivity contribution is 4.93. The van der Waals surface area contributed by atoms with Crippen molar-refractivity contribution in [2.24, 2.45) is 5.41 Å². The monoisotopic (exact) mass is 296 g/mol. The van der Waals surface area contributed by atoms with Gasteiger partial charge in [0, 0.05) is 43.8 Å². The van der Waals surface area contributed by atoms with E-state index in [1.165, 1.54) is 51.5 Å². The summed E-state index contributed by atoms with van der Waals surface area (Å²) in [6.07, 6.45) is 10.0. The molecule has 0 radical (unpaired) electrons. The minimum Gasteiger partial charge on any atom is -0.396 e. The summed E-state index contributed by atoms with van der Waals surface area (Å²) in [6, 6.07) is 1.36. The normalized spacial score (nSPS) is 35.0. The van der Waals surface area contributed by atoms with Crippen LogP contribution in [0.4, 0.5) is 0 Å². The maximum absolute atomic E-state index is 9.33. The highest BCUT2D eigenvalue weighted by Crippen LogP contribution is 2.33. The molecule has 0 aromatic carbocycles. The molecule has 3 fully saturated rings. The van der Waals surface area contributed by atoms with E-state index in [2.05, 4.69) is 10.2 Å². The van der Waals surface area contributed by atoms with Gasteiger partial charge < -0.3 is 15.2 Å². The van der Waals surface area contributed by atoms with Crippen LogP contribution in [-0.4, -0.2) is 61.5 Å². The van der Waals surface area contributed by atoms with E-state index >= 15 is 0 Å². The maximum Gasteiger partial charge on any atom is 0.0546 e. The number of hydrogen-bond donors (Lipinski definition) is 2. The van der Waals surface area contributed by atoms with Gasteiger partial charge in [0.2, 0.25) is 0 Å². The van der Waals surface area contributed by atoms with Crippen LogP contribution in [-0.2, 0) is 4.74 Å². The molecule has 0 bridgehead atoms. The Morgan fingerprint density at radius 3 is 2.81 bits per heavy atom. The Balaban J connectivity index is 1.60. The van der Waals surface area contributed by atoms with E-state index in [4.69, 9.17) is 4.74 Å². The van der Waals surface area contributed by atoms with E-state index in [1.54, 1.807) is 0 Å². The molecule has 3 aliphatic rings. The average Bonchev–Trinajstić information content (AvgIpc) is 3.33. The Morgan fingerprint density at radius 2 is 2.10 bits per heavy atom. The Morgan fingerprint density at radius 1 is 1.19 bits per heavy atom. The molecule has 4 heteroatoms. The lowest BCUT2D eigenvalue weighted by Crippen LogP contribution is -2.53. The summed E-state index contributed by atoms with van der Waals surface area (Å²) in [5.41, 5.74) is 0.298. The highest BCUT2D eigenvalue weighted by atomic mass is 16.5. The van der Waals surface area contributed by atoms with Crippen LogP contribution in [0.1, 0.15) is 51.4 Å². The summed E-state index contributed by atoms with van der Waals surface area (Å²) < 4.78 is 5.86. The number of piperidine rings is 1. The average molecular weight is 296 g/mol. The molecule has 2 unspecified atom stereocenters. The molecule has 122 valence electrons. The molecule has 2 saturated heterocycles. The summed E-state index contributed by atoms with van der Waals surface area (Å²) in [7, 11) is 0. The predicted molar refractivity (Wildman–Crippen MR) is 84.4 cm³/mol. The number of nitrogens with zero attached hydrogens (tertiary/aromatic N) is 1. The molecule has 21 heavy (non-hydrogen) atoms. The minimum absolute atomic E-state index is 0.298. The number of aliphatic hydroxyl groups excluding tert-OH is 1. The van der Waals surface area contributed by atoms with Crippen molar-refractivity contribution in [3.63, 3.8) is 0 Å². The molecule has 2 atom stereocenters. The van der Waals surface area contributed by atoms with E-state index in [9.17, 15) is 5.11 Å². The lowest BCUT2D eigenvalue weighted by Gasteiger charge is -2.45. The highest BCUT2D eigenvalue weighted by Gasteiger charge is 2.38. The summed E-state index contributed by atoms with van der Waals surface area (Å²) in [5, 5.41) is 13.1. The van der Waals surface area contributed by atoms with Gasteiger partial charge in [-0.25, -0.2) is 0 Å². The lowest BCUT2D eigenvalue weighted by atomic mass is 9.80. The van der Waals surface area contributed by atoms with Crippen molar-refractivity contribution in [3.05, 3.63) is 0 Å². The van der Waals surface area contributed by atoms with E-state index in [1.807, 2.05) is 0 Å². The van der Waals surface area contributed by atoms with Crippen molar-refractivity contribution in [2.75, 3.05) is 39.5 Å². The minimum atomic E-state index is 0.298. The smallest absolute Gasteiger partial charge is 0.0546 e. The first-order valence-corrected chi connectivity index (χ1v) is 8.97. The van der Waals surface area contributed by atoms with Crippen LogP contribution in [0.3, 0.4) is 0 Å². The van der Waals surface area contributed by atoms with Crippen LogP contribution >= 0.6 is 0 Å². The molecule has 4 nitrogen and oxygen atoms in total. The third-order valence-corrected chi connectivity index (χ3v) is 5.50. The molecule has 2 aliphatic heterocycles. The summed E-state index contributed by atoms with van der Waals surface area (Å²) in [4.78, 5) is 2.66. The van der Waals surface area contributed by atoms with E-state index in [0.29, 0.717) is 18.1 Å². The van der Waals surface area contributed by atoms with Gasteiger partial charge in [-0.15, -0.1) is 0 Å². The summed E-state index contributed by atoms with van der Waals surface area (Å²) >= 11 is 0. The molecule has 0 aromatic rings. The zero-order valence-electron chi connectivity index (χ0n) is 13.4. The Kier molecular flexibility index (Phi) is 5.54. The number of rotatable bonds is 7. The van der Waals surface area contributed by atoms with Crippen LogP contribution in [0.25, 0.3) is 0 Å². The van der Waals surface area contributed by atoms with Gasteiger partial charge in [0.05, 0.1) is 6.61 Å². The number of hydrogen-bond acceptors (Lipinski definition) is 4. The van der Waals surface area contributed by atoms with Gasteiger partial charge in [0.1, 0.15) is 0 Å². The second-order valence-electron chi connectivity index (χ2n) is 7.44. The molecule has 0 amide bonds. The second kappa shape index (κ2) is 7.40. The largest absolute Gasteiger partial charge is 0.396 e. The van der Waals surface area contributed by atoms with Gasteiger partial charge >= 0.3 is 0 Å². The molecule has 0 aromatic heterocycles. The first-order valence-electron chi connectivity index (χ1n) is 8.97. The number of ether oxygens (including phenoxy) is 1. The van der Waals surface area contributed by atoms with E-state index in [0.717, 1.165) is 38.8 Å². The first kappa shape index (κ1) is 15.7. The predicted octanol–water partition coefficient (Wildman–Crippen LogP) is 1.77. The number of likely N-dealkylation sites (tertiary alicyclic amines) is 1. The van der Waals surface area contributed by atoms with Crippen LogP contribution in [0.15, 0.2) is 0 Å². The van der Waals surface area contributed by atoms with Gasteiger partial charge in [0.15, 0.2) is 0 Å². The van der Waals surface area contributed by atoms with Crippen molar-refractivity contribution in [1.82, 2.24) is 10.2 Å². The van der Waals surface area contributed by atoms with Crippen LogP contribution in [0.2, 0.25) is 0 Å². The molecular formula is C17H32N2O2. The van der Waals surface area contributed by atoms with Crippen molar-refractivity contribution in [2.45, 2.75) is 63.5 Å². The van der Waals surface area contributed by atoms with Crippen molar-refractivity contribution < 1.29 is 9.84 Å². The Bertz CT molecular complexity index is 312. The van der Waals surface area contributed by atoms with E-state index in [-0.39, 0.29) is 0 Å². The first-order chi connectivity index (χ1) is 10.3. The third kappa shape index (κ3) is 4.41. The van der Waals surface area contributed by atoms with Crippen molar-refractivity contribution >= 4 is 0 Å². The van der Waals surface area contributed by atoms with Crippen LogP contribution < -0.4 is 5.32 Å². The molecule has 3 rings (SSSR count). The van der Waals surface area contributed by atoms with Crippen molar-refractivity contribution in [3.8, 4) is 0 Å². The molecule has 2 N–H and O–H groups in total. The summed E-state index contributed by atoms with van der Waals surface area (Å²) in [5.74, 6) is 0. The molecule has 2 heterocycles. The van der Waals surface area contributed by atoms with Crippen LogP contribution in [0, 0.1) is 5.41 Å². The fourth-order valence-corrected chi connectivity index (χ4v) is 4.05. The zero-order chi connectivity index (χ0) is 14.5. The van der Waals surface area contributed by atoms with Gasteiger partial charge in [-0.3, -0.25) is 4.90 Å². The van der Waals surface area contributed by atoms with Gasteiger partial charge in [0.25, 0.3) is 0 Å². The number of aliphatic hydroxyl groups is 1. The fraction of sp³-hybridized carbons (Fsp3) is 1.00. The zero-order valence-corrected chi connectivity index (χ0v) is 13.4. The number of nitrogens with one attached hydrogen (secondary N) is 1. The molecule has 1 aliphatic carbocycles. The van der Waals surface area contributed by atoms with Gasteiger partial charge in [-0.2, -0.15) is 0 Å². The molecule has 1 saturated carbocycles. The molecule has 0 spiro atoms. The quantitative estimate of drug-likeness (QED) is 0.751. The lowest BCUT2D eigenvalue weighted by molar-refractivity contribution is -0.0396. The fourth-order valence-electron chi connectivity index (χ4n) is 4.05. The molecular weight excluding hydrogens is 264 g/mol. The second-order valence-corrected chi connectivity index (χ2v) is 7.44. The SMILES string of the molecule is OCCC1CCCCN1CC1(CNC2CC2)CCCOC1.